The van der Waals surface area contributed by atoms with Gasteiger partial charge in [-0.1, -0.05) is 13.8 Å². The number of anilines is 1. The van der Waals surface area contributed by atoms with Gasteiger partial charge in [-0.2, -0.15) is 4.31 Å². The van der Waals surface area contributed by atoms with E-state index in [9.17, 15) is 28.1 Å². The number of benzene rings is 2. The van der Waals surface area contributed by atoms with Crippen LogP contribution in [0.2, 0.25) is 0 Å². The van der Waals surface area contributed by atoms with Crippen molar-refractivity contribution in [2.24, 2.45) is 11.8 Å². The number of nitro benzene ring substituents is 1. The van der Waals surface area contributed by atoms with E-state index in [4.69, 9.17) is 9.47 Å². The summed E-state index contributed by atoms with van der Waals surface area (Å²) in [5, 5.41) is 13.6. The van der Waals surface area contributed by atoms with Crippen LogP contribution in [0.15, 0.2) is 41.3 Å². The van der Waals surface area contributed by atoms with Gasteiger partial charge in [0.2, 0.25) is 10.0 Å². The lowest BCUT2D eigenvalue weighted by Gasteiger charge is -2.34. The molecule has 1 aliphatic heterocycles. The molecule has 1 N–H and O–H groups in total. The zero-order valence-electron chi connectivity index (χ0n) is 20.5. The first-order valence-electron chi connectivity index (χ1n) is 11.3. The summed E-state index contributed by atoms with van der Waals surface area (Å²) in [5.41, 5.74) is 0.551. The van der Waals surface area contributed by atoms with E-state index in [0.29, 0.717) is 18.7 Å². The fraction of sp³-hybridized carbons (Fsp3) is 0.417. The normalized spacial score (nSPS) is 18.3. The Morgan fingerprint density at radius 3 is 2.31 bits per heavy atom. The molecule has 1 fully saturated rings. The summed E-state index contributed by atoms with van der Waals surface area (Å²) in [6, 6.07) is 7.97. The van der Waals surface area contributed by atoms with Crippen LogP contribution in [0.3, 0.4) is 0 Å². The molecule has 0 spiro atoms. The van der Waals surface area contributed by atoms with Crippen LogP contribution in [0, 0.1) is 28.9 Å². The molecule has 0 bridgehead atoms. The molecular weight excluding hydrogens is 490 g/mol. The Kier molecular flexibility index (Phi) is 8.31. The number of aryl methyl sites for hydroxylation is 1. The molecule has 3 rings (SSSR count). The standard InChI is InChI=1S/C24H29N3O8S/c1-15-9-16(2)13-26(12-15)36(32,33)19-7-5-18(6-8-19)24(29)35-14-23(28)25-20-11-22(34-4)21(27(30)31)10-17(20)3/h5-8,10-11,15-16H,9,12-14H2,1-4H3,(H,25,28). The van der Waals surface area contributed by atoms with Gasteiger partial charge in [-0.05, 0) is 55.0 Å². The molecule has 0 saturated carbocycles. The number of amides is 1. The van der Waals surface area contributed by atoms with Crippen molar-refractivity contribution in [2.45, 2.75) is 32.1 Å². The molecular formula is C24H29N3O8S. The number of carbonyl (C=O) groups excluding carboxylic acids is 2. The predicted molar refractivity (Wildman–Crippen MR) is 131 cm³/mol. The summed E-state index contributed by atoms with van der Waals surface area (Å²) < 4.78 is 37.5. The second kappa shape index (κ2) is 11.0. The van der Waals surface area contributed by atoms with E-state index >= 15 is 0 Å². The smallest absolute Gasteiger partial charge is 0.338 e. The number of rotatable bonds is 8. The van der Waals surface area contributed by atoms with Crippen molar-refractivity contribution < 1.29 is 32.4 Å². The third-order valence-electron chi connectivity index (χ3n) is 5.89. The average molecular weight is 520 g/mol. The van der Waals surface area contributed by atoms with Gasteiger partial charge in [0, 0.05) is 30.9 Å². The molecule has 2 aromatic rings. The molecule has 2 unspecified atom stereocenters. The Balaban J connectivity index is 1.61. The number of carbonyl (C=O) groups is 2. The van der Waals surface area contributed by atoms with Crippen LogP contribution in [-0.4, -0.2) is 56.3 Å². The van der Waals surface area contributed by atoms with E-state index in [1.54, 1.807) is 6.92 Å². The summed E-state index contributed by atoms with van der Waals surface area (Å²) >= 11 is 0. The number of esters is 1. The average Bonchev–Trinajstić information content (AvgIpc) is 2.82. The SMILES string of the molecule is COc1cc(NC(=O)COC(=O)c2ccc(S(=O)(=O)N3CC(C)CC(C)C3)cc2)c(C)cc1[N+](=O)[O-]. The Morgan fingerprint density at radius 2 is 1.75 bits per heavy atom. The van der Waals surface area contributed by atoms with Gasteiger partial charge in [-0.25, -0.2) is 13.2 Å². The predicted octanol–water partition coefficient (Wildman–Crippen LogP) is 3.37. The Morgan fingerprint density at radius 1 is 1.14 bits per heavy atom. The monoisotopic (exact) mass is 519 g/mol. The molecule has 12 heteroatoms. The Bertz CT molecular complexity index is 1250. The van der Waals surface area contributed by atoms with Gasteiger partial charge in [0.1, 0.15) is 0 Å². The van der Waals surface area contributed by atoms with Crippen LogP contribution in [0.5, 0.6) is 5.75 Å². The van der Waals surface area contributed by atoms with E-state index in [1.165, 1.54) is 47.8 Å². The molecule has 2 atom stereocenters. The topological polar surface area (TPSA) is 145 Å². The number of methoxy groups -OCH3 is 1. The largest absolute Gasteiger partial charge is 0.490 e. The number of sulfonamides is 1. The summed E-state index contributed by atoms with van der Waals surface area (Å²) in [7, 11) is -2.41. The number of nitrogens with one attached hydrogen (secondary N) is 1. The molecule has 1 amide bonds. The van der Waals surface area contributed by atoms with E-state index in [-0.39, 0.29) is 39.4 Å². The van der Waals surface area contributed by atoms with Gasteiger partial charge in [0.05, 0.1) is 22.5 Å². The first-order chi connectivity index (χ1) is 16.9. The zero-order chi connectivity index (χ0) is 26.6. The maximum Gasteiger partial charge on any atom is 0.338 e. The van der Waals surface area contributed by atoms with Crippen LogP contribution in [0.4, 0.5) is 11.4 Å². The molecule has 1 saturated heterocycles. The highest BCUT2D eigenvalue weighted by atomic mass is 32.2. The van der Waals surface area contributed by atoms with Crippen molar-refractivity contribution in [3.05, 3.63) is 57.6 Å². The van der Waals surface area contributed by atoms with Crippen LogP contribution in [-0.2, 0) is 19.6 Å². The lowest BCUT2D eigenvalue weighted by molar-refractivity contribution is -0.385. The minimum atomic E-state index is -3.68. The third-order valence-corrected chi connectivity index (χ3v) is 7.74. The molecule has 0 aromatic heterocycles. The number of nitro groups is 1. The second-order valence-corrected chi connectivity index (χ2v) is 11.0. The summed E-state index contributed by atoms with van der Waals surface area (Å²) in [4.78, 5) is 35.3. The van der Waals surface area contributed by atoms with Crippen molar-refractivity contribution in [2.75, 3.05) is 32.1 Å². The van der Waals surface area contributed by atoms with Crippen molar-refractivity contribution >= 4 is 33.3 Å². The molecule has 194 valence electrons. The molecule has 1 aliphatic rings. The van der Waals surface area contributed by atoms with E-state index < -0.39 is 33.4 Å². The number of hydrogen-bond donors (Lipinski definition) is 1. The lowest BCUT2D eigenvalue weighted by atomic mass is 9.94. The molecule has 36 heavy (non-hydrogen) atoms. The molecule has 1 heterocycles. The van der Waals surface area contributed by atoms with Crippen molar-refractivity contribution in [3.8, 4) is 5.75 Å². The summed E-state index contributed by atoms with van der Waals surface area (Å²) in [6.07, 6.45) is 0.974. The highest BCUT2D eigenvalue weighted by Crippen LogP contribution is 2.32. The van der Waals surface area contributed by atoms with E-state index in [0.717, 1.165) is 6.42 Å². The van der Waals surface area contributed by atoms with Crippen LogP contribution < -0.4 is 10.1 Å². The summed E-state index contributed by atoms with van der Waals surface area (Å²) in [5.74, 6) is -0.955. The molecule has 0 radical (unpaired) electrons. The highest BCUT2D eigenvalue weighted by molar-refractivity contribution is 7.89. The number of hydrogen-bond acceptors (Lipinski definition) is 8. The van der Waals surface area contributed by atoms with Gasteiger partial charge in [-0.15, -0.1) is 0 Å². The Hall–Kier alpha value is -3.51. The van der Waals surface area contributed by atoms with Crippen LogP contribution in [0.25, 0.3) is 0 Å². The fourth-order valence-corrected chi connectivity index (χ4v) is 5.91. The van der Waals surface area contributed by atoms with Gasteiger partial charge in [0.15, 0.2) is 12.4 Å². The fourth-order valence-electron chi connectivity index (χ4n) is 4.23. The van der Waals surface area contributed by atoms with Gasteiger partial charge in [-0.3, -0.25) is 14.9 Å². The summed E-state index contributed by atoms with van der Waals surface area (Å²) in [6.45, 7) is 5.91. The highest BCUT2D eigenvalue weighted by Gasteiger charge is 2.31. The van der Waals surface area contributed by atoms with Gasteiger partial charge in [0.25, 0.3) is 5.91 Å². The maximum atomic E-state index is 13.0. The van der Waals surface area contributed by atoms with Gasteiger partial charge >= 0.3 is 11.7 Å². The number of piperidine rings is 1. The van der Waals surface area contributed by atoms with Crippen LogP contribution in [0.1, 0.15) is 36.2 Å². The molecule has 0 aliphatic carbocycles. The third kappa shape index (κ3) is 6.18. The minimum absolute atomic E-state index is 0.0265. The zero-order valence-corrected chi connectivity index (χ0v) is 21.3. The van der Waals surface area contributed by atoms with E-state index in [1.807, 2.05) is 13.8 Å². The quantitative estimate of drug-likeness (QED) is 0.317. The second-order valence-electron chi connectivity index (χ2n) is 9.01. The number of nitrogens with zero attached hydrogens (tertiary/aromatic N) is 2. The van der Waals surface area contributed by atoms with Gasteiger partial charge < -0.3 is 14.8 Å². The molecule has 11 nitrogen and oxygen atoms in total. The van der Waals surface area contributed by atoms with E-state index in [2.05, 4.69) is 5.32 Å². The maximum absolute atomic E-state index is 13.0. The molecule has 2 aromatic carbocycles. The first kappa shape index (κ1) is 27.1. The lowest BCUT2D eigenvalue weighted by Crippen LogP contribution is -2.42. The minimum Gasteiger partial charge on any atom is -0.490 e. The van der Waals surface area contributed by atoms with Crippen molar-refractivity contribution in [1.82, 2.24) is 4.31 Å². The first-order valence-corrected chi connectivity index (χ1v) is 12.8. The van der Waals surface area contributed by atoms with Crippen molar-refractivity contribution in [3.63, 3.8) is 0 Å². The Labute approximate surface area is 209 Å². The van der Waals surface area contributed by atoms with Crippen LogP contribution >= 0.6 is 0 Å². The number of ether oxygens (including phenoxy) is 2. The van der Waals surface area contributed by atoms with Crippen molar-refractivity contribution in [1.29, 1.82) is 0 Å².